The maximum Gasteiger partial charge on any atom is 0.311 e. The summed E-state index contributed by atoms with van der Waals surface area (Å²) in [5, 5.41) is 3.70. The van der Waals surface area contributed by atoms with E-state index in [4.69, 9.17) is 9.47 Å². The Morgan fingerprint density at radius 2 is 1.81 bits per heavy atom. The minimum absolute atomic E-state index is 0.0435. The summed E-state index contributed by atoms with van der Waals surface area (Å²) in [4.78, 5) is 48.9. The molecule has 1 fully saturated rings. The first kappa shape index (κ1) is 21.8. The van der Waals surface area contributed by atoms with E-state index in [1.54, 1.807) is 36.4 Å². The third kappa shape index (κ3) is 5.59. The van der Waals surface area contributed by atoms with Crippen molar-refractivity contribution >= 4 is 29.4 Å². The Labute approximate surface area is 179 Å². The van der Waals surface area contributed by atoms with E-state index in [9.17, 15) is 19.2 Å². The van der Waals surface area contributed by atoms with E-state index in [-0.39, 0.29) is 18.5 Å². The van der Waals surface area contributed by atoms with Crippen LogP contribution in [0, 0.1) is 12.8 Å². The van der Waals surface area contributed by atoms with Gasteiger partial charge < -0.3 is 14.8 Å². The molecule has 0 radical (unpaired) electrons. The molecule has 1 aliphatic heterocycles. The number of hydrazine groups is 1. The van der Waals surface area contributed by atoms with Crippen LogP contribution in [0.15, 0.2) is 48.5 Å². The third-order valence-electron chi connectivity index (χ3n) is 4.73. The molecule has 0 spiro atoms. The lowest BCUT2D eigenvalue weighted by atomic mass is 10.1. The first-order valence-electron chi connectivity index (χ1n) is 9.65. The fourth-order valence-electron chi connectivity index (χ4n) is 3.08. The summed E-state index contributed by atoms with van der Waals surface area (Å²) < 4.78 is 10.2. The van der Waals surface area contributed by atoms with Gasteiger partial charge in [0.25, 0.3) is 11.8 Å². The molecule has 0 unspecified atom stereocenters. The Hall–Kier alpha value is -3.88. The van der Waals surface area contributed by atoms with Gasteiger partial charge in [-0.05, 0) is 31.2 Å². The zero-order valence-electron chi connectivity index (χ0n) is 17.2. The molecular formula is C22H23N3O6. The molecule has 0 saturated carbocycles. The topological polar surface area (TPSA) is 114 Å². The molecule has 2 aromatic carbocycles. The number of nitrogens with one attached hydrogen (secondary N) is 2. The molecule has 1 saturated heterocycles. The molecule has 31 heavy (non-hydrogen) atoms. The van der Waals surface area contributed by atoms with Gasteiger partial charge in [-0.25, -0.2) is 0 Å². The normalized spacial score (nSPS) is 15.4. The van der Waals surface area contributed by atoms with E-state index in [0.717, 1.165) is 10.6 Å². The second-order valence-electron chi connectivity index (χ2n) is 7.07. The fourth-order valence-corrected chi connectivity index (χ4v) is 3.08. The highest BCUT2D eigenvalue weighted by molar-refractivity contribution is 5.98. The van der Waals surface area contributed by atoms with Crippen LogP contribution in [0.5, 0.6) is 5.75 Å². The fraction of sp³-hybridized carbons (Fsp3) is 0.273. The third-order valence-corrected chi connectivity index (χ3v) is 4.73. The monoisotopic (exact) mass is 425 g/mol. The summed E-state index contributed by atoms with van der Waals surface area (Å²) in [5.74, 6) is -2.53. The van der Waals surface area contributed by atoms with Crippen LogP contribution in [-0.2, 0) is 19.1 Å². The van der Waals surface area contributed by atoms with Gasteiger partial charge in [0.15, 0.2) is 6.61 Å². The largest absolute Gasteiger partial charge is 0.496 e. The molecule has 0 bridgehead atoms. The number of carbonyl (C=O) groups excluding carboxylic acids is 4. The van der Waals surface area contributed by atoms with Crippen LogP contribution in [0.25, 0.3) is 0 Å². The van der Waals surface area contributed by atoms with E-state index >= 15 is 0 Å². The van der Waals surface area contributed by atoms with E-state index in [1.165, 1.54) is 7.11 Å². The second kappa shape index (κ2) is 9.75. The highest BCUT2D eigenvalue weighted by atomic mass is 16.5. The van der Waals surface area contributed by atoms with Gasteiger partial charge in [0, 0.05) is 12.1 Å². The van der Waals surface area contributed by atoms with Crippen molar-refractivity contribution in [1.29, 1.82) is 0 Å². The van der Waals surface area contributed by atoms with Gasteiger partial charge in [-0.1, -0.05) is 29.8 Å². The number of amides is 3. The Morgan fingerprint density at radius 1 is 1.10 bits per heavy atom. The minimum Gasteiger partial charge on any atom is -0.496 e. The molecule has 9 heteroatoms. The number of rotatable bonds is 7. The van der Waals surface area contributed by atoms with Crippen LogP contribution in [0.1, 0.15) is 22.3 Å². The van der Waals surface area contributed by atoms with Crippen LogP contribution in [-0.4, -0.2) is 49.0 Å². The van der Waals surface area contributed by atoms with Crippen LogP contribution in [0.3, 0.4) is 0 Å². The minimum atomic E-state index is -0.780. The average molecular weight is 425 g/mol. The molecule has 9 nitrogen and oxygen atoms in total. The lowest BCUT2D eigenvalue weighted by Gasteiger charge is -2.18. The Kier molecular flexibility index (Phi) is 6.86. The number of anilines is 1. The number of ether oxygens (including phenoxy) is 2. The van der Waals surface area contributed by atoms with Gasteiger partial charge in [-0.2, -0.15) is 0 Å². The molecule has 3 rings (SSSR count). The molecular weight excluding hydrogens is 402 g/mol. The van der Waals surface area contributed by atoms with Crippen LogP contribution in [0.4, 0.5) is 5.69 Å². The summed E-state index contributed by atoms with van der Waals surface area (Å²) in [5.41, 5.74) is 4.39. The summed E-state index contributed by atoms with van der Waals surface area (Å²) in [6.07, 6.45) is -0.120. The van der Waals surface area contributed by atoms with Crippen LogP contribution < -0.4 is 15.5 Å². The lowest BCUT2D eigenvalue weighted by Crippen LogP contribution is -2.43. The Balaban J connectivity index is 1.49. The SMILES string of the molecule is COc1ccccc1C(=O)NN1C[C@@H](C(=O)OCC(=O)Nc2ccc(C)cc2)CC1=O. The number of aryl methyl sites for hydroxylation is 1. The van der Waals surface area contributed by atoms with Crippen molar-refractivity contribution in [2.45, 2.75) is 13.3 Å². The molecule has 2 N–H and O–H groups in total. The van der Waals surface area contributed by atoms with Gasteiger partial charge in [-0.15, -0.1) is 0 Å². The average Bonchev–Trinajstić information content (AvgIpc) is 3.13. The van der Waals surface area contributed by atoms with Gasteiger partial charge >= 0.3 is 5.97 Å². The van der Waals surface area contributed by atoms with Crippen molar-refractivity contribution in [3.8, 4) is 5.75 Å². The number of nitrogens with zero attached hydrogens (tertiary/aromatic N) is 1. The number of carbonyl (C=O) groups is 4. The predicted octanol–water partition coefficient (Wildman–Crippen LogP) is 1.68. The number of esters is 1. The number of hydrogen-bond acceptors (Lipinski definition) is 6. The maximum absolute atomic E-state index is 12.5. The van der Waals surface area contributed by atoms with Crippen molar-refractivity contribution in [2.75, 3.05) is 25.6 Å². The molecule has 1 aliphatic rings. The van der Waals surface area contributed by atoms with Crippen molar-refractivity contribution in [2.24, 2.45) is 5.92 Å². The molecule has 162 valence electrons. The summed E-state index contributed by atoms with van der Waals surface area (Å²) in [6.45, 7) is 1.42. The van der Waals surface area contributed by atoms with Crippen molar-refractivity contribution < 1.29 is 28.7 Å². The molecule has 1 atom stereocenters. The molecule has 0 aliphatic carbocycles. The predicted molar refractivity (Wildman–Crippen MR) is 111 cm³/mol. The highest BCUT2D eigenvalue weighted by Crippen LogP contribution is 2.20. The van der Waals surface area contributed by atoms with Crippen LogP contribution >= 0.6 is 0 Å². The van der Waals surface area contributed by atoms with Crippen molar-refractivity contribution in [3.63, 3.8) is 0 Å². The Morgan fingerprint density at radius 3 is 2.52 bits per heavy atom. The summed E-state index contributed by atoms with van der Waals surface area (Å²) in [6, 6.07) is 13.8. The van der Waals surface area contributed by atoms with Gasteiger partial charge in [0.05, 0.1) is 25.1 Å². The molecule has 1 heterocycles. The maximum atomic E-state index is 12.5. The van der Waals surface area contributed by atoms with E-state index in [2.05, 4.69) is 10.7 Å². The quantitative estimate of drug-likeness (QED) is 0.653. The Bertz CT molecular complexity index is 989. The first-order chi connectivity index (χ1) is 14.9. The zero-order chi connectivity index (χ0) is 22.4. The van der Waals surface area contributed by atoms with E-state index in [1.807, 2.05) is 19.1 Å². The standard InChI is InChI=1S/C22H23N3O6/c1-14-7-9-16(10-8-14)23-19(26)13-31-22(29)15-11-20(27)25(12-15)24-21(28)17-5-3-4-6-18(17)30-2/h3-10,15H,11-13H2,1-2H3,(H,23,26)(H,24,28)/t15-/m0/s1. The number of para-hydroxylation sites is 1. The number of methoxy groups -OCH3 is 1. The zero-order valence-corrected chi connectivity index (χ0v) is 17.2. The van der Waals surface area contributed by atoms with E-state index in [0.29, 0.717) is 11.4 Å². The van der Waals surface area contributed by atoms with Gasteiger partial charge in [0.1, 0.15) is 5.75 Å². The summed E-state index contributed by atoms with van der Waals surface area (Å²) >= 11 is 0. The second-order valence-corrected chi connectivity index (χ2v) is 7.07. The molecule has 2 aromatic rings. The van der Waals surface area contributed by atoms with Crippen LogP contribution in [0.2, 0.25) is 0 Å². The lowest BCUT2D eigenvalue weighted by molar-refractivity contribution is -0.151. The first-order valence-corrected chi connectivity index (χ1v) is 9.65. The summed E-state index contributed by atoms with van der Waals surface area (Å²) in [7, 11) is 1.44. The van der Waals surface area contributed by atoms with Gasteiger partial charge in [-0.3, -0.25) is 29.6 Å². The van der Waals surface area contributed by atoms with E-state index < -0.39 is 36.2 Å². The number of benzene rings is 2. The molecule has 0 aromatic heterocycles. The number of hydrogen-bond donors (Lipinski definition) is 2. The van der Waals surface area contributed by atoms with Crippen molar-refractivity contribution in [1.82, 2.24) is 10.4 Å². The molecule has 3 amide bonds. The van der Waals surface area contributed by atoms with Gasteiger partial charge in [0.2, 0.25) is 5.91 Å². The highest BCUT2D eigenvalue weighted by Gasteiger charge is 2.37. The smallest absolute Gasteiger partial charge is 0.311 e. The van der Waals surface area contributed by atoms with Crippen molar-refractivity contribution in [3.05, 3.63) is 59.7 Å².